The Morgan fingerprint density at radius 2 is 1.25 bits per heavy atom. The zero-order valence-electron chi connectivity index (χ0n) is 23.8. The summed E-state index contributed by atoms with van der Waals surface area (Å²) in [6.07, 6.45) is 2.22. The number of hydrogen-bond donors (Lipinski definition) is 1. The van der Waals surface area contributed by atoms with Gasteiger partial charge in [-0.15, -0.1) is 11.3 Å². The number of hydrogen-bond acceptors (Lipinski definition) is 3. The van der Waals surface area contributed by atoms with E-state index in [0.717, 1.165) is 28.3 Å². The Labute approximate surface area is 259 Å². The summed E-state index contributed by atoms with van der Waals surface area (Å²) in [5.41, 5.74) is 7.93. The first-order valence-corrected chi connectivity index (χ1v) is 15.7. The first-order chi connectivity index (χ1) is 21.8. The van der Waals surface area contributed by atoms with Crippen molar-refractivity contribution in [3.05, 3.63) is 168 Å². The maximum Gasteiger partial charge on any atom is 0.134 e. The second kappa shape index (κ2) is 10.1. The Balaban J connectivity index is 1.17. The Hall–Kier alpha value is -5.45. The Morgan fingerprint density at radius 3 is 2.07 bits per heavy atom. The lowest BCUT2D eigenvalue weighted by molar-refractivity contribution is 0.781. The van der Waals surface area contributed by atoms with Crippen LogP contribution in [0.25, 0.3) is 53.4 Å². The molecule has 6 aromatic carbocycles. The number of aliphatic imine (C=N–C) groups is 1. The molecule has 1 aliphatic rings. The molecule has 1 atom stereocenters. The summed E-state index contributed by atoms with van der Waals surface area (Å²) in [7, 11) is 0. The lowest BCUT2D eigenvalue weighted by atomic mass is 10.0. The van der Waals surface area contributed by atoms with Gasteiger partial charge >= 0.3 is 0 Å². The number of nitrogens with zero attached hydrogens (tertiary/aromatic N) is 2. The molecule has 0 aliphatic carbocycles. The van der Waals surface area contributed by atoms with E-state index < -0.39 is 0 Å². The number of para-hydroxylation sites is 1. The van der Waals surface area contributed by atoms with Gasteiger partial charge in [0.05, 0.1) is 22.8 Å². The molecule has 9 rings (SSSR count). The van der Waals surface area contributed by atoms with Crippen LogP contribution in [0.15, 0.2) is 157 Å². The van der Waals surface area contributed by atoms with Gasteiger partial charge in [-0.2, -0.15) is 0 Å². The van der Waals surface area contributed by atoms with Gasteiger partial charge in [0.25, 0.3) is 0 Å². The lowest BCUT2D eigenvalue weighted by Gasteiger charge is -2.24. The molecule has 1 aliphatic heterocycles. The van der Waals surface area contributed by atoms with Crippen LogP contribution in [0, 0.1) is 0 Å². The lowest BCUT2D eigenvalue weighted by Crippen LogP contribution is -2.31. The molecule has 0 fully saturated rings. The maximum atomic E-state index is 5.11. The molecule has 3 heterocycles. The van der Waals surface area contributed by atoms with Gasteiger partial charge in [0.1, 0.15) is 5.84 Å². The first kappa shape index (κ1) is 25.1. The average molecular weight is 582 g/mol. The van der Waals surface area contributed by atoms with Crippen LogP contribution in [0.3, 0.4) is 0 Å². The fourth-order valence-corrected chi connectivity index (χ4v) is 7.65. The number of nitrogens with one attached hydrogen (secondary N) is 1. The highest BCUT2D eigenvalue weighted by atomic mass is 32.1. The van der Waals surface area contributed by atoms with Crippen molar-refractivity contribution in [2.24, 2.45) is 4.99 Å². The first-order valence-electron chi connectivity index (χ1n) is 14.9. The van der Waals surface area contributed by atoms with E-state index >= 15 is 0 Å². The SMILES string of the molecule is C1=C(c2ccccc2)N=C(c2ccc(-n3c4ccccc4c4cc5c(cc43)sc3ccccc35)cc2)NC1c1ccccc1. The van der Waals surface area contributed by atoms with Crippen molar-refractivity contribution in [2.45, 2.75) is 6.04 Å². The van der Waals surface area contributed by atoms with Gasteiger partial charge in [0, 0.05) is 42.2 Å². The van der Waals surface area contributed by atoms with Gasteiger partial charge in [0.2, 0.25) is 0 Å². The highest BCUT2D eigenvalue weighted by Gasteiger charge is 2.20. The molecule has 1 unspecified atom stereocenters. The topological polar surface area (TPSA) is 29.3 Å². The van der Waals surface area contributed by atoms with Crippen LogP contribution in [0.2, 0.25) is 0 Å². The number of rotatable bonds is 4. The van der Waals surface area contributed by atoms with Crippen molar-refractivity contribution in [2.75, 3.05) is 0 Å². The minimum atomic E-state index is 0.0274. The maximum absolute atomic E-state index is 5.11. The van der Waals surface area contributed by atoms with Crippen LogP contribution in [0.1, 0.15) is 22.7 Å². The van der Waals surface area contributed by atoms with E-state index in [-0.39, 0.29) is 6.04 Å². The van der Waals surface area contributed by atoms with E-state index in [9.17, 15) is 0 Å². The summed E-state index contributed by atoms with van der Waals surface area (Å²) in [5, 5.41) is 8.90. The predicted molar refractivity (Wildman–Crippen MR) is 187 cm³/mol. The van der Waals surface area contributed by atoms with E-state index in [4.69, 9.17) is 4.99 Å². The van der Waals surface area contributed by atoms with Crippen LogP contribution in [-0.4, -0.2) is 10.4 Å². The van der Waals surface area contributed by atoms with Crippen molar-refractivity contribution in [3.8, 4) is 5.69 Å². The Bertz CT molecular complexity index is 2400. The number of amidine groups is 1. The predicted octanol–water partition coefficient (Wildman–Crippen LogP) is 10.3. The monoisotopic (exact) mass is 581 g/mol. The molecule has 44 heavy (non-hydrogen) atoms. The van der Waals surface area contributed by atoms with Crippen molar-refractivity contribution < 1.29 is 0 Å². The minimum Gasteiger partial charge on any atom is -0.359 e. The van der Waals surface area contributed by atoms with E-state index in [2.05, 4.69) is 155 Å². The van der Waals surface area contributed by atoms with Gasteiger partial charge in [-0.25, -0.2) is 4.99 Å². The number of benzene rings is 6. The summed E-state index contributed by atoms with van der Waals surface area (Å²) >= 11 is 1.87. The molecule has 2 aromatic heterocycles. The molecule has 1 N–H and O–H groups in total. The average Bonchev–Trinajstić information content (AvgIpc) is 3.62. The smallest absolute Gasteiger partial charge is 0.134 e. The third kappa shape index (κ3) is 4.07. The highest BCUT2D eigenvalue weighted by molar-refractivity contribution is 7.25. The summed E-state index contributed by atoms with van der Waals surface area (Å²) in [4.78, 5) is 5.11. The van der Waals surface area contributed by atoms with Gasteiger partial charge in [-0.05, 0) is 65.7 Å². The van der Waals surface area contributed by atoms with Crippen LogP contribution < -0.4 is 5.32 Å². The molecule has 208 valence electrons. The van der Waals surface area contributed by atoms with Gasteiger partial charge in [-0.1, -0.05) is 97.1 Å². The molecule has 0 saturated heterocycles. The highest BCUT2D eigenvalue weighted by Crippen LogP contribution is 2.40. The minimum absolute atomic E-state index is 0.0274. The summed E-state index contributed by atoms with van der Waals surface area (Å²) in [5.74, 6) is 0.876. The van der Waals surface area contributed by atoms with E-state index in [1.54, 1.807) is 0 Å². The second-order valence-electron chi connectivity index (χ2n) is 11.3. The third-order valence-electron chi connectivity index (χ3n) is 8.65. The van der Waals surface area contributed by atoms with Crippen LogP contribution in [0.5, 0.6) is 0 Å². The number of thiophene rings is 1. The zero-order chi connectivity index (χ0) is 29.0. The van der Waals surface area contributed by atoms with Gasteiger partial charge in [-0.3, -0.25) is 0 Å². The molecule has 4 heteroatoms. The molecule has 0 bridgehead atoms. The normalized spacial score (nSPS) is 15.0. The fraction of sp³-hybridized carbons (Fsp3) is 0.0250. The summed E-state index contributed by atoms with van der Waals surface area (Å²) in [6.45, 7) is 0. The largest absolute Gasteiger partial charge is 0.359 e. The Kier molecular flexibility index (Phi) is 5.75. The van der Waals surface area contributed by atoms with Crippen molar-refractivity contribution in [3.63, 3.8) is 0 Å². The molecule has 8 aromatic rings. The zero-order valence-corrected chi connectivity index (χ0v) is 24.6. The van der Waals surface area contributed by atoms with E-state index in [0.29, 0.717) is 0 Å². The quantitative estimate of drug-likeness (QED) is 0.220. The molecule has 0 radical (unpaired) electrons. The third-order valence-corrected chi connectivity index (χ3v) is 9.78. The van der Waals surface area contributed by atoms with Crippen molar-refractivity contribution >= 4 is 64.8 Å². The summed E-state index contributed by atoms with van der Waals surface area (Å²) < 4.78 is 5.04. The Morgan fingerprint density at radius 1 is 0.545 bits per heavy atom. The fourth-order valence-electron chi connectivity index (χ4n) is 6.53. The standard InChI is InChI=1S/C40H27N3S/c1-3-11-26(12-4-1)34-24-35(27-13-5-2-6-14-27)42-40(41-34)28-19-21-29(22-20-28)43-36-17-9-7-15-30(36)32-23-33-31-16-8-10-18-38(31)44-39(33)25-37(32)43/h1-25,34H,(H,41,42). The molecular formula is C40H27N3S. The molecule has 3 nitrogen and oxygen atoms in total. The number of aromatic nitrogens is 1. The van der Waals surface area contributed by atoms with Crippen molar-refractivity contribution in [1.82, 2.24) is 9.88 Å². The summed E-state index contributed by atoms with van der Waals surface area (Å²) in [6, 6.07) is 52.1. The molecular weight excluding hydrogens is 555 g/mol. The van der Waals surface area contributed by atoms with Crippen LogP contribution >= 0.6 is 11.3 Å². The molecule has 0 spiro atoms. The van der Waals surface area contributed by atoms with E-state index in [1.807, 2.05) is 17.4 Å². The van der Waals surface area contributed by atoms with Crippen LogP contribution in [-0.2, 0) is 0 Å². The molecule has 0 saturated carbocycles. The van der Waals surface area contributed by atoms with Gasteiger partial charge < -0.3 is 9.88 Å². The van der Waals surface area contributed by atoms with Gasteiger partial charge in [0.15, 0.2) is 0 Å². The van der Waals surface area contributed by atoms with Crippen LogP contribution in [0.4, 0.5) is 0 Å². The number of fused-ring (bicyclic) bond motifs is 6. The molecule has 0 amide bonds. The van der Waals surface area contributed by atoms with Crippen molar-refractivity contribution in [1.29, 1.82) is 0 Å². The van der Waals surface area contributed by atoms with E-state index in [1.165, 1.54) is 47.5 Å². The second-order valence-corrected chi connectivity index (χ2v) is 12.4.